The summed E-state index contributed by atoms with van der Waals surface area (Å²) in [5.41, 5.74) is 1.62. The van der Waals surface area contributed by atoms with Gasteiger partial charge < -0.3 is 5.32 Å². The maximum Gasteiger partial charge on any atom is 0.256 e. The number of hydrogen-bond donors (Lipinski definition) is 1. The highest BCUT2D eigenvalue weighted by molar-refractivity contribution is 6.32. The number of aryl methyl sites for hydroxylation is 1. The maximum absolute atomic E-state index is 13.9. The zero-order valence-corrected chi connectivity index (χ0v) is 14.6. The topological polar surface area (TPSA) is 46.9 Å². The van der Waals surface area contributed by atoms with Crippen LogP contribution in [0.2, 0.25) is 5.15 Å². The largest absolute Gasteiger partial charge is 0.342 e. The number of rotatable bonds is 2. The van der Waals surface area contributed by atoms with Gasteiger partial charge in [-0.2, -0.15) is 5.10 Å². The Morgan fingerprint density at radius 3 is 2.88 bits per heavy atom. The molecule has 1 aromatic heterocycles. The Balaban J connectivity index is 1.80. The van der Waals surface area contributed by atoms with Crippen LogP contribution in [-0.4, -0.2) is 15.7 Å². The van der Waals surface area contributed by atoms with Crippen LogP contribution in [0.3, 0.4) is 0 Å². The number of hydrogen-bond acceptors (Lipinski definition) is 2. The lowest BCUT2D eigenvalue weighted by molar-refractivity contribution is 0.0808. The first-order valence-electron chi connectivity index (χ1n) is 8.08. The third-order valence-electron chi connectivity index (χ3n) is 6.07. The molecule has 4 nitrogen and oxygen atoms in total. The van der Waals surface area contributed by atoms with Crippen molar-refractivity contribution in [2.45, 2.75) is 38.1 Å². The molecule has 126 valence electrons. The van der Waals surface area contributed by atoms with Crippen LogP contribution in [-0.2, 0) is 12.6 Å². The van der Waals surface area contributed by atoms with Crippen LogP contribution >= 0.6 is 11.6 Å². The minimum absolute atomic E-state index is 0.187. The summed E-state index contributed by atoms with van der Waals surface area (Å²) in [7, 11) is 1.69. The molecule has 6 heteroatoms. The molecule has 2 atom stereocenters. The monoisotopic (exact) mass is 347 g/mol. The average Bonchev–Trinajstić information content (AvgIpc) is 3.04. The number of halogens is 2. The predicted molar refractivity (Wildman–Crippen MR) is 89.5 cm³/mol. The molecule has 2 bridgehead atoms. The lowest BCUT2D eigenvalue weighted by Gasteiger charge is -2.39. The fourth-order valence-electron chi connectivity index (χ4n) is 4.70. The summed E-state index contributed by atoms with van der Waals surface area (Å²) in [4.78, 5) is 12.9. The first-order valence-corrected chi connectivity index (χ1v) is 8.45. The molecule has 1 N–H and O–H groups in total. The van der Waals surface area contributed by atoms with Gasteiger partial charge in [-0.05, 0) is 47.4 Å². The Labute approximate surface area is 145 Å². The lowest BCUT2D eigenvalue weighted by atomic mass is 9.74. The number of aromatic nitrogens is 2. The van der Waals surface area contributed by atoms with Crippen LogP contribution in [0.15, 0.2) is 24.4 Å². The van der Waals surface area contributed by atoms with E-state index >= 15 is 0 Å². The summed E-state index contributed by atoms with van der Waals surface area (Å²) < 4.78 is 15.3. The molecule has 2 unspecified atom stereocenters. The molecule has 2 aromatic rings. The van der Waals surface area contributed by atoms with Gasteiger partial charge >= 0.3 is 0 Å². The number of benzene rings is 1. The molecule has 0 spiro atoms. The highest BCUT2D eigenvalue weighted by Crippen LogP contribution is 2.66. The van der Waals surface area contributed by atoms with Crippen LogP contribution in [0.5, 0.6) is 0 Å². The zero-order valence-electron chi connectivity index (χ0n) is 13.9. The van der Waals surface area contributed by atoms with Gasteiger partial charge in [0.25, 0.3) is 5.91 Å². The third kappa shape index (κ3) is 1.79. The molecule has 1 saturated carbocycles. The van der Waals surface area contributed by atoms with E-state index < -0.39 is 5.54 Å². The van der Waals surface area contributed by atoms with Gasteiger partial charge in [-0.15, -0.1) is 0 Å². The second kappa shape index (κ2) is 4.82. The van der Waals surface area contributed by atoms with E-state index in [0.29, 0.717) is 16.6 Å². The Hall–Kier alpha value is -1.88. The quantitative estimate of drug-likeness (QED) is 0.899. The molecule has 1 amide bonds. The molecule has 0 aliphatic heterocycles. The highest BCUT2D eigenvalue weighted by Gasteiger charge is 2.62. The summed E-state index contributed by atoms with van der Waals surface area (Å²) in [5, 5.41) is 7.51. The second-order valence-electron chi connectivity index (χ2n) is 7.38. The zero-order chi connectivity index (χ0) is 17.3. The van der Waals surface area contributed by atoms with Gasteiger partial charge in [-0.1, -0.05) is 31.5 Å². The Kier molecular flexibility index (Phi) is 3.14. The highest BCUT2D eigenvalue weighted by atomic mass is 35.5. The Morgan fingerprint density at radius 1 is 1.46 bits per heavy atom. The molecule has 0 radical (unpaired) electrons. The molecule has 2 aliphatic carbocycles. The summed E-state index contributed by atoms with van der Waals surface area (Å²) in [6.07, 6.45) is 3.24. The number of amides is 1. The number of nitrogens with zero attached hydrogens (tertiary/aromatic N) is 2. The van der Waals surface area contributed by atoms with E-state index in [2.05, 4.69) is 24.3 Å². The van der Waals surface area contributed by atoms with E-state index in [1.165, 1.54) is 16.9 Å². The van der Waals surface area contributed by atoms with E-state index in [1.807, 2.05) is 6.07 Å². The van der Waals surface area contributed by atoms with Crippen molar-refractivity contribution in [2.24, 2.45) is 12.5 Å². The van der Waals surface area contributed by atoms with E-state index in [1.54, 1.807) is 13.1 Å². The molecule has 1 aromatic carbocycles. The minimum atomic E-state index is -0.578. The van der Waals surface area contributed by atoms with Gasteiger partial charge in [0.2, 0.25) is 0 Å². The molecule has 1 fully saturated rings. The standard InChI is InChI=1S/C18H19ClFN3O/c1-17(2)13-6-7-18(17,14-8-10(20)4-5-11(13)14)22-16(24)12-9-21-23(3)15(12)19/h4-5,8-9,13H,6-7H2,1-3H3,(H,22,24). The molecular weight excluding hydrogens is 329 g/mol. The smallest absolute Gasteiger partial charge is 0.256 e. The first-order chi connectivity index (χ1) is 11.3. The SMILES string of the molecule is Cn1ncc(C(=O)NC23CCC(c4ccc(F)cc42)C3(C)C)c1Cl. The predicted octanol–water partition coefficient (Wildman–Crippen LogP) is 3.76. The number of carbonyl (C=O) groups excluding carboxylic acids is 1. The van der Waals surface area contributed by atoms with E-state index in [4.69, 9.17) is 11.6 Å². The first kappa shape index (κ1) is 15.6. The minimum Gasteiger partial charge on any atom is -0.342 e. The van der Waals surface area contributed by atoms with Crippen molar-refractivity contribution in [3.8, 4) is 0 Å². The molecule has 2 aliphatic rings. The molecule has 1 heterocycles. The van der Waals surface area contributed by atoms with Crippen molar-refractivity contribution < 1.29 is 9.18 Å². The second-order valence-corrected chi connectivity index (χ2v) is 7.73. The number of carbonyl (C=O) groups is 1. The molecule has 4 rings (SSSR count). The van der Waals surface area contributed by atoms with Gasteiger partial charge in [-0.3, -0.25) is 9.48 Å². The maximum atomic E-state index is 13.9. The van der Waals surface area contributed by atoms with Crippen LogP contribution < -0.4 is 5.32 Å². The van der Waals surface area contributed by atoms with Crippen molar-refractivity contribution in [1.29, 1.82) is 0 Å². The molecule has 24 heavy (non-hydrogen) atoms. The number of fused-ring (bicyclic) bond motifs is 5. The molecular formula is C18H19ClFN3O. The van der Waals surface area contributed by atoms with Gasteiger partial charge in [0.1, 0.15) is 11.0 Å². The van der Waals surface area contributed by atoms with E-state index in [9.17, 15) is 9.18 Å². The van der Waals surface area contributed by atoms with Crippen molar-refractivity contribution in [1.82, 2.24) is 15.1 Å². The van der Waals surface area contributed by atoms with Crippen LogP contribution in [0.4, 0.5) is 4.39 Å². The van der Waals surface area contributed by atoms with E-state index in [0.717, 1.165) is 24.0 Å². The summed E-state index contributed by atoms with van der Waals surface area (Å²) in [5.74, 6) is -0.221. The van der Waals surface area contributed by atoms with Crippen molar-refractivity contribution >= 4 is 17.5 Å². The van der Waals surface area contributed by atoms with E-state index in [-0.39, 0.29) is 17.1 Å². The Morgan fingerprint density at radius 2 is 2.21 bits per heavy atom. The fourth-order valence-corrected chi connectivity index (χ4v) is 4.87. The van der Waals surface area contributed by atoms with Crippen molar-refractivity contribution in [3.05, 3.63) is 52.1 Å². The van der Waals surface area contributed by atoms with Crippen LogP contribution in [0.25, 0.3) is 0 Å². The number of nitrogens with one attached hydrogen (secondary N) is 1. The lowest BCUT2D eigenvalue weighted by Crippen LogP contribution is -2.51. The van der Waals surface area contributed by atoms with Crippen molar-refractivity contribution in [2.75, 3.05) is 0 Å². The average molecular weight is 348 g/mol. The van der Waals surface area contributed by atoms with Gasteiger partial charge in [0.15, 0.2) is 0 Å². The van der Waals surface area contributed by atoms with Crippen molar-refractivity contribution in [3.63, 3.8) is 0 Å². The van der Waals surface area contributed by atoms with Gasteiger partial charge in [0, 0.05) is 7.05 Å². The normalized spacial score (nSPS) is 26.5. The summed E-state index contributed by atoms with van der Waals surface area (Å²) in [6, 6.07) is 4.94. The van der Waals surface area contributed by atoms with Crippen LogP contribution in [0, 0.1) is 11.2 Å². The third-order valence-corrected chi connectivity index (χ3v) is 6.52. The summed E-state index contributed by atoms with van der Waals surface area (Å²) in [6.45, 7) is 4.29. The van der Waals surface area contributed by atoms with Crippen LogP contribution in [0.1, 0.15) is 54.1 Å². The van der Waals surface area contributed by atoms with Gasteiger partial charge in [-0.25, -0.2) is 4.39 Å². The Bertz CT molecular complexity index is 860. The van der Waals surface area contributed by atoms with Gasteiger partial charge in [0.05, 0.1) is 17.3 Å². The fraction of sp³-hybridized carbons (Fsp3) is 0.444. The summed E-state index contributed by atoms with van der Waals surface area (Å²) >= 11 is 6.16. The molecule has 0 saturated heterocycles.